The topological polar surface area (TPSA) is 65.1 Å². The Morgan fingerprint density at radius 2 is 1.58 bits per heavy atom. The molecule has 0 N–H and O–H groups in total. The normalized spacial score (nSPS) is 17.0. The van der Waals surface area contributed by atoms with Crippen LogP contribution >= 0.6 is 0 Å². The Labute approximate surface area is 211 Å². The van der Waals surface area contributed by atoms with Crippen LogP contribution in [0.3, 0.4) is 0 Å². The summed E-state index contributed by atoms with van der Waals surface area (Å²) < 4.78 is 16.0. The third kappa shape index (κ3) is 4.50. The number of allylic oxidation sites excluding steroid dienone is 1. The number of hydrogen-bond acceptors (Lipinski definition) is 6. The van der Waals surface area contributed by atoms with Gasteiger partial charge in [-0.05, 0) is 47.4 Å². The average Bonchev–Trinajstić information content (AvgIpc) is 3.29. The van der Waals surface area contributed by atoms with E-state index in [0.29, 0.717) is 17.9 Å². The van der Waals surface area contributed by atoms with Gasteiger partial charge in [-0.2, -0.15) is 0 Å². The molecule has 0 radical (unpaired) electrons. The minimum absolute atomic E-state index is 0.254. The molecule has 1 heterocycles. The predicted octanol–water partition coefficient (Wildman–Crippen LogP) is 5.36. The summed E-state index contributed by atoms with van der Waals surface area (Å²) in [4.78, 5) is 28.8. The van der Waals surface area contributed by atoms with E-state index >= 15 is 0 Å². The van der Waals surface area contributed by atoms with Gasteiger partial charge in [-0.25, -0.2) is 4.79 Å². The predicted molar refractivity (Wildman–Crippen MR) is 139 cm³/mol. The molecule has 0 aromatic heterocycles. The zero-order chi connectivity index (χ0) is 25.7. The first kappa shape index (κ1) is 24.8. The second-order valence-electron chi connectivity index (χ2n) is 8.33. The standard InChI is InChI=1S/C30H29NO5/c1-5-12-21-19-23(34-2)17-18-24(21)28-26(30(33)36-4)25(29(32)35-3)27(20-13-8-6-9-14-20)31(28)22-15-10-7-11-16-22/h5-11,13-19,26,28H,1,12H2,2-4H3/t26-,28+/m1/s1. The fourth-order valence-corrected chi connectivity index (χ4v) is 4.85. The number of esters is 2. The summed E-state index contributed by atoms with van der Waals surface area (Å²) >= 11 is 0. The Hall–Kier alpha value is -4.32. The molecule has 0 unspecified atom stereocenters. The van der Waals surface area contributed by atoms with Crippen molar-refractivity contribution in [1.29, 1.82) is 0 Å². The van der Waals surface area contributed by atoms with Crippen molar-refractivity contribution in [1.82, 2.24) is 0 Å². The number of carbonyl (C=O) groups excluding carboxylic acids is 2. The van der Waals surface area contributed by atoms with Crippen LogP contribution < -0.4 is 9.64 Å². The molecule has 0 aliphatic carbocycles. The van der Waals surface area contributed by atoms with E-state index in [0.717, 1.165) is 22.4 Å². The highest BCUT2D eigenvalue weighted by atomic mass is 16.5. The van der Waals surface area contributed by atoms with Crippen molar-refractivity contribution >= 4 is 23.3 Å². The van der Waals surface area contributed by atoms with E-state index in [1.165, 1.54) is 14.2 Å². The van der Waals surface area contributed by atoms with E-state index in [1.54, 1.807) is 13.2 Å². The lowest BCUT2D eigenvalue weighted by atomic mass is 9.85. The maximum atomic E-state index is 13.4. The molecule has 1 aliphatic rings. The van der Waals surface area contributed by atoms with Gasteiger partial charge in [0.15, 0.2) is 0 Å². The molecule has 6 heteroatoms. The highest BCUT2D eigenvalue weighted by Gasteiger charge is 2.50. The van der Waals surface area contributed by atoms with E-state index in [1.807, 2.05) is 83.8 Å². The van der Waals surface area contributed by atoms with Gasteiger partial charge in [0, 0.05) is 5.69 Å². The number of ether oxygens (including phenoxy) is 3. The van der Waals surface area contributed by atoms with Crippen molar-refractivity contribution in [2.45, 2.75) is 12.5 Å². The summed E-state index contributed by atoms with van der Waals surface area (Å²) in [7, 11) is 4.27. The lowest BCUT2D eigenvalue weighted by Gasteiger charge is -2.33. The van der Waals surface area contributed by atoms with Crippen LogP contribution in [-0.2, 0) is 25.5 Å². The van der Waals surface area contributed by atoms with Crippen molar-refractivity contribution in [3.8, 4) is 5.75 Å². The Morgan fingerprint density at radius 1 is 0.917 bits per heavy atom. The van der Waals surface area contributed by atoms with E-state index in [-0.39, 0.29) is 5.57 Å². The minimum Gasteiger partial charge on any atom is -0.497 e. The summed E-state index contributed by atoms with van der Waals surface area (Å²) in [6, 6.07) is 24.4. The summed E-state index contributed by atoms with van der Waals surface area (Å²) in [5, 5.41) is 0. The van der Waals surface area contributed by atoms with Gasteiger partial charge in [0.25, 0.3) is 0 Å². The molecule has 0 saturated heterocycles. The number of hydrogen-bond donors (Lipinski definition) is 0. The van der Waals surface area contributed by atoms with Gasteiger partial charge >= 0.3 is 11.9 Å². The molecule has 0 bridgehead atoms. The molecule has 4 rings (SSSR count). The third-order valence-electron chi connectivity index (χ3n) is 6.38. The van der Waals surface area contributed by atoms with Gasteiger partial charge in [0.2, 0.25) is 0 Å². The maximum Gasteiger partial charge on any atom is 0.336 e. The molecule has 3 aromatic rings. The lowest BCUT2D eigenvalue weighted by Crippen LogP contribution is -2.32. The quantitative estimate of drug-likeness (QED) is 0.318. The summed E-state index contributed by atoms with van der Waals surface area (Å²) in [5.41, 5.74) is 4.27. The largest absolute Gasteiger partial charge is 0.497 e. The van der Waals surface area contributed by atoms with E-state index in [9.17, 15) is 9.59 Å². The smallest absolute Gasteiger partial charge is 0.336 e. The fraction of sp³-hybridized carbons (Fsp3) is 0.200. The summed E-state index contributed by atoms with van der Waals surface area (Å²) in [6.45, 7) is 3.92. The van der Waals surface area contributed by atoms with Crippen molar-refractivity contribution in [3.05, 3.63) is 114 Å². The van der Waals surface area contributed by atoms with Crippen LogP contribution in [0.4, 0.5) is 5.69 Å². The second kappa shape index (κ2) is 11.0. The molecular weight excluding hydrogens is 454 g/mol. The van der Waals surface area contributed by atoms with Gasteiger partial charge < -0.3 is 19.1 Å². The van der Waals surface area contributed by atoms with Crippen molar-refractivity contribution < 1.29 is 23.8 Å². The average molecular weight is 484 g/mol. The molecule has 2 atom stereocenters. The number of anilines is 1. The monoisotopic (exact) mass is 483 g/mol. The number of rotatable bonds is 8. The molecule has 0 spiro atoms. The molecule has 0 amide bonds. The van der Waals surface area contributed by atoms with Crippen LogP contribution in [0, 0.1) is 5.92 Å². The molecule has 1 aliphatic heterocycles. The van der Waals surface area contributed by atoms with Gasteiger partial charge in [-0.1, -0.05) is 60.7 Å². The van der Waals surface area contributed by atoms with E-state index in [4.69, 9.17) is 14.2 Å². The van der Waals surface area contributed by atoms with Crippen LogP contribution in [0.2, 0.25) is 0 Å². The van der Waals surface area contributed by atoms with Crippen LogP contribution in [0.25, 0.3) is 5.70 Å². The van der Waals surface area contributed by atoms with Crippen LogP contribution in [0.1, 0.15) is 22.7 Å². The molecule has 0 fully saturated rings. The van der Waals surface area contributed by atoms with Crippen molar-refractivity contribution in [2.75, 3.05) is 26.2 Å². The van der Waals surface area contributed by atoms with E-state index < -0.39 is 23.9 Å². The van der Waals surface area contributed by atoms with Crippen molar-refractivity contribution in [2.24, 2.45) is 5.92 Å². The van der Waals surface area contributed by atoms with Gasteiger partial charge in [0.1, 0.15) is 11.7 Å². The van der Waals surface area contributed by atoms with Crippen molar-refractivity contribution in [3.63, 3.8) is 0 Å². The van der Waals surface area contributed by atoms with Crippen LogP contribution in [-0.4, -0.2) is 33.3 Å². The number of methoxy groups -OCH3 is 3. The second-order valence-corrected chi connectivity index (χ2v) is 8.33. The Morgan fingerprint density at radius 3 is 2.17 bits per heavy atom. The molecule has 0 saturated carbocycles. The Bertz CT molecular complexity index is 1280. The molecule has 6 nitrogen and oxygen atoms in total. The lowest BCUT2D eigenvalue weighted by molar-refractivity contribution is -0.147. The number of carbonyl (C=O) groups is 2. The SMILES string of the molecule is C=CCc1cc(OC)ccc1[C@H]1[C@H](C(=O)OC)C(C(=O)OC)=C(c2ccccc2)N1c1ccccc1. The first-order valence-corrected chi connectivity index (χ1v) is 11.6. The molecule has 3 aromatic carbocycles. The minimum atomic E-state index is -0.935. The Kier molecular flexibility index (Phi) is 7.54. The highest BCUT2D eigenvalue weighted by Crippen LogP contribution is 2.51. The summed E-state index contributed by atoms with van der Waals surface area (Å²) in [6.07, 6.45) is 2.35. The fourth-order valence-electron chi connectivity index (χ4n) is 4.85. The van der Waals surface area contributed by atoms with E-state index in [2.05, 4.69) is 6.58 Å². The maximum absolute atomic E-state index is 13.4. The first-order chi connectivity index (χ1) is 17.5. The number of benzene rings is 3. The summed E-state index contributed by atoms with van der Waals surface area (Å²) in [5.74, 6) is -1.34. The highest BCUT2D eigenvalue weighted by molar-refractivity contribution is 6.08. The zero-order valence-electron chi connectivity index (χ0n) is 20.6. The van der Waals surface area contributed by atoms with Gasteiger partial charge in [0.05, 0.1) is 38.6 Å². The van der Waals surface area contributed by atoms with Crippen LogP contribution in [0.5, 0.6) is 5.75 Å². The molecular formula is C30H29NO5. The van der Waals surface area contributed by atoms with Gasteiger partial charge in [-0.15, -0.1) is 6.58 Å². The van der Waals surface area contributed by atoms with Crippen LogP contribution in [0.15, 0.2) is 97.1 Å². The molecule has 184 valence electrons. The number of para-hydroxylation sites is 1. The zero-order valence-corrected chi connectivity index (χ0v) is 20.6. The number of nitrogens with zero attached hydrogens (tertiary/aromatic N) is 1. The van der Waals surface area contributed by atoms with Gasteiger partial charge in [-0.3, -0.25) is 4.79 Å². The third-order valence-corrected chi connectivity index (χ3v) is 6.38. The molecule has 36 heavy (non-hydrogen) atoms. The first-order valence-electron chi connectivity index (χ1n) is 11.6. The Balaban J connectivity index is 2.08.